The summed E-state index contributed by atoms with van der Waals surface area (Å²) in [5.41, 5.74) is 1.12. The molecule has 1 N–H and O–H groups in total. The Morgan fingerprint density at radius 1 is 1.40 bits per heavy atom. The Balaban J connectivity index is 2.78. The number of hydrogen-bond acceptors (Lipinski definition) is 2. The van der Waals surface area contributed by atoms with Crippen LogP contribution in [0.1, 0.15) is 25.5 Å². The molecule has 0 fully saturated rings. The smallest absolute Gasteiger partial charge is 0.0953 e. The van der Waals surface area contributed by atoms with Gasteiger partial charge in [-0.15, -0.1) is 0 Å². The fourth-order valence-corrected chi connectivity index (χ4v) is 1.66. The third kappa shape index (κ3) is 4.20. The Kier molecular flexibility index (Phi) is 5.09. The van der Waals surface area contributed by atoms with Crippen LogP contribution in [0, 0.1) is 0 Å². The van der Waals surface area contributed by atoms with Crippen LogP contribution >= 0.6 is 11.6 Å². The van der Waals surface area contributed by atoms with Gasteiger partial charge in [0.15, 0.2) is 0 Å². The van der Waals surface area contributed by atoms with E-state index in [1.54, 1.807) is 0 Å². The van der Waals surface area contributed by atoms with Crippen LogP contribution < -0.4 is 5.32 Å². The molecule has 0 unspecified atom stereocenters. The van der Waals surface area contributed by atoms with Gasteiger partial charge in [0.2, 0.25) is 0 Å². The molecule has 0 radical (unpaired) electrons. The van der Waals surface area contributed by atoms with Gasteiger partial charge in [-0.3, -0.25) is 0 Å². The predicted octanol–water partition coefficient (Wildman–Crippen LogP) is 3.03. The molecule has 0 spiro atoms. The van der Waals surface area contributed by atoms with Crippen LogP contribution in [0.25, 0.3) is 0 Å². The van der Waals surface area contributed by atoms with E-state index in [1.807, 2.05) is 45.2 Å². The summed E-state index contributed by atoms with van der Waals surface area (Å²) in [5, 5.41) is 3.87. The van der Waals surface area contributed by atoms with Crippen molar-refractivity contribution in [3.63, 3.8) is 0 Å². The highest BCUT2D eigenvalue weighted by Gasteiger charge is 2.12. The minimum Gasteiger partial charge on any atom is -0.370 e. The van der Waals surface area contributed by atoms with Crippen LogP contribution in [0.5, 0.6) is 0 Å². The summed E-state index contributed by atoms with van der Waals surface area (Å²) in [6.07, 6.45) is 0.274. The fourth-order valence-electron chi connectivity index (χ4n) is 1.47. The van der Waals surface area contributed by atoms with Crippen molar-refractivity contribution in [2.75, 3.05) is 13.6 Å². The molecule has 2 nitrogen and oxygen atoms in total. The van der Waals surface area contributed by atoms with Crippen molar-refractivity contribution >= 4 is 11.6 Å². The SMILES string of the molecule is CNC[C@H](OC(C)C)c1cccc(Cl)c1. The van der Waals surface area contributed by atoms with Gasteiger partial charge in [0.1, 0.15) is 0 Å². The summed E-state index contributed by atoms with van der Waals surface area (Å²) in [5.74, 6) is 0. The topological polar surface area (TPSA) is 21.3 Å². The summed E-state index contributed by atoms with van der Waals surface area (Å²) in [6, 6.07) is 7.81. The third-order valence-corrected chi connectivity index (χ3v) is 2.28. The Morgan fingerprint density at radius 3 is 2.67 bits per heavy atom. The quantitative estimate of drug-likeness (QED) is 0.835. The van der Waals surface area contributed by atoms with Crippen molar-refractivity contribution in [2.24, 2.45) is 0 Å². The highest BCUT2D eigenvalue weighted by Crippen LogP contribution is 2.21. The standard InChI is InChI=1S/C12H18ClNO/c1-9(2)15-12(8-14-3)10-5-4-6-11(13)7-10/h4-7,9,12,14H,8H2,1-3H3/t12-/m0/s1. The molecule has 1 aromatic rings. The second-order valence-corrected chi connectivity index (χ2v) is 4.22. The van der Waals surface area contributed by atoms with E-state index in [0.29, 0.717) is 0 Å². The minimum absolute atomic E-state index is 0.0636. The largest absolute Gasteiger partial charge is 0.370 e. The monoisotopic (exact) mass is 227 g/mol. The molecule has 0 amide bonds. The van der Waals surface area contributed by atoms with Crippen molar-refractivity contribution in [1.82, 2.24) is 5.32 Å². The molecule has 84 valence electrons. The zero-order chi connectivity index (χ0) is 11.3. The zero-order valence-electron chi connectivity index (χ0n) is 9.46. The number of hydrogen-bond donors (Lipinski definition) is 1. The Labute approximate surface area is 96.6 Å². The molecule has 3 heteroatoms. The molecular formula is C12H18ClNO. The molecule has 0 saturated heterocycles. The maximum atomic E-state index is 5.95. The van der Waals surface area contributed by atoms with Crippen LogP contribution in [0.2, 0.25) is 5.02 Å². The van der Waals surface area contributed by atoms with E-state index in [1.165, 1.54) is 0 Å². The van der Waals surface area contributed by atoms with Gasteiger partial charge in [-0.05, 0) is 38.6 Å². The average molecular weight is 228 g/mol. The van der Waals surface area contributed by atoms with Gasteiger partial charge >= 0.3 is 0 Å². The predicted molar refractivity (Wildman–Crippen MR) is 64.3 cm³/mol. The third-order valence-electron chi connectivity index (χ3n) is 2.05. The molecule has 0 bridgehead atoms. The fraction of sp³-hybridized carbons (Fsp3) is 0.500. The summed E-state index contributed by atoms with van der Waals surface area (Å²) in [6.45, 7) is 4.86. The van der Waals surface area contributed by atoms with Crippen LogP contribution in [0.15, 0.2) is 24.3 Å². The summed E-state index contributed by atoms with van der Waals surface area (Å²) in [4.78, 5) is 0. The second kappa shape index (κ2) is 6.11. The number of benzene rings is 1. The van der Waals surface area contributed by atoms with E-state index in [-0.39, 0.29) is 12.2 Å². The first-order chi connectivity index (χ1) is 7.13. The number of nitrogens with one attached hydrogen (secondary N) is 1. The molecule has 0 aliphatic rings. The lowest BCUT2D eigenvalue weighted by molar-refractivity contribution is 0.00814. The van der Waals surface area contributed by atoms with Gasteiger partial charge in [-0.25, -0.2) is 0 Å². The van der Waals surface area contributed by atoms with Crippen molar-refractivity contribution < 1.29 is 4.74 Å². The Morgan fingerprint density at radius 2 is 2.13 bits per heavy atom. The molecule has 1 atom stereocenters. The van der Waals surface area contributed by atoms with Crippen molar-refractivity contribution in [1.29, 1.82) is 0 Å². The highest BCUT2D eigenvalue weighted by molar-refractivity contribution is 6.30. The lowest BCUT2D eigenvalue weighted by Gasteiger charge is -2.20. The second-order valence-electron chi connectivity index (χ2n) is 3.79. The van der Waals surface area contributed by atoms with Gasteiger partial charge in [-0.2, -0.15) is 0 Å². The molecule has 0 aromatic heterocycles. The molecule has 0 aliphatic carbocycles. The lowest BCUT2D eigenvalue weighted by atomic mass is 10.1. The maximum absolute atomic E-state index is 5.95. The average Bonchev–Trinajstić information content (AvgIpc) is 2.16. The van der Waals surface area contributed by atoms with Crippen molar-refractivity contribution in [3.05, 3.63) is 34.9 Å². The lowest BCUT2D eigenvalue weighted by Crippen LogP contribution is -2.22. The van der Waals surface area contributed by atoms with E-state index >= 15 is 0 Å². The van der Waals surface area contributed by atoms with Crippen LogP contribution in [0.3, 0.4) is 0 Å². The van der Waals surface area contributed by atoms with Crippen LogP contribution in [-0.4, -0.2) is 19.7 Å². The first-order valence-corrected chi connectivity index (χ1v) is 5.56. The minimum atomic E-state index is 0.0636. The number of rotatable bonds is 5. The van der Waals surface area contributed by atoms with Crippen LogP contribution in [-0.2, 0) is 4.74 Å². The Bertz CT molecular complexity index is 301. The van der Waals surface area contributed by atoms with Crippen LogP contribution in [0.4, 0.5) is 0 Å². The highest BCUT2D eigenvalue weighted by atomic mass is 35.5. The molecule has 1 aromatic carbocycles. The van der Waals surface area contributed by atoms with Crippen molar-refractivity contribution in [2.45, 2.75) is 26.1 Å². The number of likely N-dealkylation sites (N-methyl/N-ethyl adjacent to an activating group) is 1. The summed E-state index contributed by atoms with van der Waals surface area (Å²) in [7, 11) is 1.92. The van der Waals surface area contributed by atoms with Gasteiger partial charge in [-0.1, -0.05) is 23.7 Å². The van der Waals surface area contributed by atoms with Crippen molar-refractivity contribution in [3.8, 4) is 0 Å². The first kappa shape index (κ1) is 12.5. The van der Waals surface area contributed by atoms with Gasteiger partial charge < -0.3 is 10.1 Å². The normalized spacial score (nSPS) is 13.1. The van der Waals surface area contributed by atoms with Gasteiger partial charge in [0, 0.05) is 11.6 Å². The van der Waals surface area contributed by atoms with E-state index in [4.69, 9.17) is 16.3 Å². The first-order valence-electron chi connectivity index (χ1n) is 5.19. The van der Waals surface area contributed by atoms with E-state index in [0.717, 1.165) is 17.1 Å². The molecule has 0 saturated carbocycles. The zero-order valence-corrected chi connectivity index (χ0v) is 10.2. The molecular weight excluding hydrogens is 210 g/mol. The van der Waals surface area contributed by atoms with E-state index in [2.05, 4.69) is 5.32 Å². The molecule has 0 aliphatic heterocycles. The van der Waals surface area contributed by atoms with Gasteiger partial charge in [0.25, 0.3) is 0 Å². The van der Waals surface area contributed by atoms with E-state index < -0.39 is 0 Å². The van der Waals surface area contributed by atoms with E-state index in [9.17, 15) is 0 Å². The molecule has 15 heavy (non-hydrogen) atoms. The molecule has 1 rings (SSSR count). The molecule has 0 heterocycles. The Hall–Kier alpha value is -0.570. The maximum Gasteiger partial charge on any atom is 0.0953 e. The summed E-state index contributed by atoms with van der Waals surface area (Å²) >= 11 is 5.95. The summed E-state index contributed by atoms with van der Waals surface area (Å²) < 4.78 is 5.81. The number of halogens is 1. The van der Waals surface area contributed by atoms with Gasteiger partial charge in [0.05, 0.1) is 12.2 Å². The number of ether oxygens (including phenoxy) is 1.